The molecule has 0 spiro atoms. The zero-order valence-corrected chi connectivity index (χ0v) is 29.0. The van der Waals surface area contributed by atoms with Crippen molar-refractivity contribution < 1.29 is 47.7 Å². The van der Waals surface area contributed by atoms with Crippen LogP contribution in [0.2, 0.25) is 0 Å². The van der Waals surface area contributed by atoms with Crippen LogP contribution in [0.1, 0.15) is 49.2 Å². The highest BCUT2D eigenvalue weighted by Crippen LogP contribution is 2.42. The summed E-state index contributed by atoms with van der Waals surface area (Å²) >= 11 is 0. The normalized spacial score (nSPS) is 17.2. The third-order valence-corrected chi connectivity index (χ3v) is 9.80. The highest BCUT2D eigenvalue weighted by atomic mass is 31.2. The Kier molecular flexibility index (Phi) is 17.4. The van der Waals surface area contributed by atoms with Crippen LogP contribution >= 0.6 is 16.4 Å². The molecule has 1 saturated heterocycles. The van der Waals surface area contributed by atoms with E-state index < -0.39 is 53.0 Å². The molecule has 264 valence electrons. The Hall–Kier alpha value is -3.01. The molecule has 2 heterocycles. The second kappa shape index (κ2) is 21.2. The summed E-state index contributed by atoms with van der Waals surface area (Å²) in [5.74, 6) is -1.20. The van der Waals surface area contributed by atoms with Crippen molar-refractivity contribution in [3.63, 3.8) is 0 Å². The molecule has 16 nitrogen and oxygen atoms in total. The first-order valence-electron chi connectivity index (χ1n) is 15.7. The zero-order valence-electron chi connectivity index (χ0n) is 27.1. The predicted molar refractivity (Wildman–Crippen MR) is 179 cm³/mol. The Morgan fingerprint density at radius 1 is 1.06 bits per heavy atom. The number of nitrogens with zero attached hydrogens (tertiary/aromatic N) is 3. The zero-order chi connectivity index (χ0) is 34.9. The standard InChI is InChI=1S/C29H45BN6O10P2/c1-21(2)18-25(34-26(37)23(19-22-8-4-3-5-9-22)33-27(38)24-20-31-10-11-32-24)30-45-15-6-12-36(13-7-16-46-30)14-17-44-28(39)35-29(47(40)41)48(42)43/h3-5,8-11,20-21,23,25,29,40-41,48H,6-7,12-19H2,1-2H3,(H,33,38)(H,34,37)(H,35,39)(H,42,43)/t23-,25-,29?/m1/s1. The molecule has 3 amide bonds. The topological polar surface area (TPSA) is 222 Å². The van der Waals surface area contributed by atoms with Crippen molar-refractivity contribution in [1.82, 2.24) is 30.8 Å². The van der Waals surface area contributed by atoms with Gasteiger partial charge in [0.1, 0.15) is 18.3 Å². The van der Waals surface area contributed by atoms with E-state index in [0.717, 1.165) is 5.56 Å². The SMILES string of the molecule is CC(C)C[C@@H](NC(=O)[C@@H](Cc1ccccc1)NC(=O)c1cnccn1)B1OCCCN(CCOC(=O)NC(P(O)O)[PH](=O)O)CCCO1. The highest BCUT2D eigenvalue weighted by molar-refractivity contribution is 7.61. The van der Waals surface area contributed by atoms with Gasteiger partial charge in [-0.2, -0.15) is 0 Å². The minimum absolute atomic E-state index is 0.0237. The van der Waals surface area contributed by atoms with Crippen LogP contribution < -0.4 is 16.0 Å². The lowest BCUT2D eigenvalue weighted by Gasteiger charge is -2.30. The molecule has 1 aliphatic rings. The third-order valence-electron chi connectivity index (χ3n) is 7.24. The average Bonchev–Trinajstić information content (AvgIpc) is 3.06. The molecule has 1 aromatic heterocycles. The van der Waals surface area contributed by atoms with Crippen molar-refractivity contribution in [2.24, 2.45) is 5.92 Å². The maximum Gasteiger partial charge on any atom is 0.480 e. The number of ether oxygens (including phenoxy) is 1. The molecule has 48 heavy (non-hydrogen) atoms. The van der Waals surface area contributed by atoms with Crippen molar-refractivity contribution in [2.45, 2.75) is 57.0 Å². The molecular formula is C29H45BN6O10P2. The smallest absolute Gasteiger partial charge is 0.448 e. The molecule has 0 aliphatic carbocycles. The number of carbonyl (C=O) groups is 3. The van der Waals surface area contributed by atoms with Gasteiger partial charge in [0, 0.05) is 51.7 Å². The van der Waals surface area contributed by atoms with E-state index in [1.54, 1.807) is 0 Å². The van der Waals surface area contributed by atoms with E-state index in [1.807, 2.05) is 49.5 Å². The molecular weight excluding hydrogens is 665 g/mol. The van der Waals surface area contributed by atoms with Gasteiger partial charge in [0.05, 0.1) is 12.1 Å². The predicted octanol–water partition coefficient (Wildman–Crippen LogP) is 1.28. The van der Waals surface area contributed by atoms with Crippen molar-refractivity contribution >= 4 is 41.4 Å². The minimum atomic E-state index is -3.40. The van der Waals surface area contributed by atoms with Gasteiger partial charge in [0.25, 0.3) is 5.91 Å². The molecule has 0 bridgehead atoms. The number of alkyl carbamates (subject to hydrolysis) is 1. The fourth-order valence-electron chi connectivity index (χ4n) is 4.97. The summed E-state index contributed by atoms with van der Waals surface area (Å²) in [5.41, 5.74) is -0.688. The molecule has 19 heteroatoms. The summed E-state index contributed by atoms with van der Waals surface area (Å²) in [5, 5.41) is 7.90. The highest BCUT2D eigenvalue weighted by Gasteiger charge is 2.35. The van der Waals surface area contributed by atoms with Crippen molar-refractivity contribution in [3.8, 4) is 0 Å². The lowest BCUT2D eigenvalue weighted by atomic mass is 9.73. The molecule has 1 aliphatic heterocycles. The second-order valence-corrected chi connectivity index (χ2v) is 14.4. The number of hydrogen-bond acceptors (Lipinski definition) is 12. The van der Waals surface area contributed by atoms with Gasteiger partial charge in [-0.15, -0.1) is 0 Å². The van der Waals surface area contributed by atoms with Gasteiger partial charge in [0.2, 0.25) is 13.9 Å². The van der Waals surface area contributed by atoms with Crippen LogP contribution in [0.25, 0.3) is 0 Å². The lowest BCUT2D eigenvalue weighted by Crippen LogP contribution is -2.56. The van der Waals surface area contributed by atoms with Crippen LogP contribution in [0.15, 0.2) is 48.9 Å². The summed E-state index contributed by atoms with van der Waals surface area (Å²) in [4.78, 5) is 76.3. The maximum absolute atomic E-state index is 13.8. The van der Waals surface area contributed by atoms with Gasteiger partial charge in [-0.3, -0.25) is 24.0 Å². The largest absolute Gasteiger partial charge is 0.480 e. The summed E-state index contributed by atoms with van der Waals surface area (Å²) in [7, 11) is -6.96. The molecule has 4 atom stereocenters. The van der Waals surface area contributed by atoms with Crippen molar-refractivity contribution in [2.75, 3.05) is 39.5 Å². The van der Waals surface area contributed by atoms with Crippen LogP contribution in [0.4, 0.5) is 4.79 Å². The van der Waals surface area contributed by atoms with Gasteiger partial charge < -0.3 is 44.7 Å². The summed E-state index contributed by atoms with van der Waals surface area (Å²) in [6.07, 6.45) is 5.25. The molecule has 2 unspecified atom stereocenters. The number of rotatable bonds is 15. The van der Waals surface area contributed by atoms with Crippen molar-refractivity contribution in [3.05, 3.63) is 60.2 Å². The molecule has 3 rings (SSSR count). The first-order valence-corrected chi connectivity index (χ1v) is 18.5. The molecule has 1 aromatic carbocycles. The van der Waals surface area contributed by atoms with Gasteiger partial charge in [-0.25, -0.2) is 9.78 Å². The van der Waals surface area contributed by atoms with Gasteiger partial charge in [0.15, 0.2) is 13.9 Å². The van der Waals surface area contributed by atoms with E-state index in [-0.39, 0.29) is 30.5 Å². The van der Waals surface area contributed by atoms with E-state index >= 15 is 0 Å². The molecule has 0 radical (unpaired) electrons. The van der Waals surface area contributed by atoms with E-state index in [1.165, 1.54) is 18.6 Å². The number of benzene rings is 1. The number of nitrogens with one attached hydrogen (secondary N) is 3. The number of hydrogen-bond donors (Lipinski definition) is 6. The molecule has 2 aromatic rings. The first-order chi connectivity index (χ1) is 23.0. The van der Waals surface area contributed by atoms with Crippen molar-refractivity contribution in [1.29, 1.82) is 0 Å². The van der Waals surface area contributed by atoms with Crippen LogP contribution in [0.3, 0.4) is 0 Å². The van der Waals surface area contributed by atoms with Gasteiger partial charge in [-0.1, -0.05) is 44.2 Å². The second-order valence-electron chi connectivity index (χ2n) is 11.6. The van der Waals surface area contributed by atoms with Gasteiger partial charge >= 0.3 is 13.2 Å². The Balaban J connectivity index is 1.58. The van der Waals surface area contributed by atoms with Crippen LogP contribution in [-0.2, 0) is 29.8 Å². The van der Waals surface area contributed by atoms with E-state index in [4.69, 9.17) is 18.9 Å². The quantitative estimate of drug-likeness (QED) is 0.113. The van der Waals surface area contributed by atoms with Crippen LogP contribution in [-0.4, -0.2) is 112 Å². The monoisotopic (exact) mass is 710 g/mol. The number of aromatic nitrogens is 2. The number of amides is 3. The van der Waals surface area contributed by atoms with E-state index in [2.05, 4.69) is 25.5 Å². The Morgan fingerprint density at radius 2 is 1.75 bits per heavy atom. The number of carbonyl (C=O) groups excluding carboxylic acids is 3. The molecule has 1 fully saturated rings. The fraction of sp³-hybridized carbons (Fsp3) is 0.552. The van der Waals surface area contributed by atoms with E-state index in [9.17, 15) is 28.7 Å². The first kappa shape index (κ1) is 39.4. The molecule has 6 N–H and O–H groups in total. The third kappa shape index (κ3) is 14.2. The lowest BCUT2D eigenvalue weighted by molar-refractivity contribution is -0.123. The van der Waals surface area contributed by atoms with Crippen LogP contribution in [0, 0.1) is 5.92 Å². The Morgan fingerprint density at radius 3 is 2.33 bits per heavy atom. The summed E-state index contributed by atoms with van der Waals surface area (Å²) in [6.45, 7) is 6.32. The summed E-state index contributed by atoms with van der Waals surface area (Å²) in [6, 6.07) is 8.49. The summed E-state index contributed by atoms with van der Waals surface area (Å²) < 4.78 is 28.6. The van der Waals surface area contributed by atoms with Crippen LogP contribution in [0.5, 0.6) is 0 Å². The fourth-order valence-corrected chi connectivity index (χ4v) is 6.22. The Labute approximate surface area is 282 Å². The van der Waals surface area contributed by atoms with Gasteiger partial charge in [-0.05, 0) is 30.7 Å². The van der Waals surface area contributed by atoms with E-state index in [0.29, 0.717) is 52.1 Å². The average molecular weight is 710 g/mol. The Bertz CT molecular complexity index is 1290. The maximum atomic E-state index is 13.8. The molecule has 0 saturated carbocycles. The minimum Gasteiger partial charge on any atom is -0.448 e.